The van der Waals surface area contributed by atoms with Gasteiger partial charge in [0.1, 0.15) is 5.65 Å². The largest absolute Gasteiger partial charge is 0.393 e. The molecule has 0 aromatic carbocycles. The third-order valence-corrected chi connectivity index (χ3v) is 5.27. The zero-order chi connectivity index (χ0) is 14.9. The Labute approximate surface area is 133 Å². The number of hydrogen-bond acceptors (Lipinski definition) is 4. The van der Waals surface area contributed by atoms with Crippen LogP contribution in [0.5, 0.6) is 0 Å². The van der Waals surface area contributed by atoms with Crippen molar-refractivity contribution in [2.24, 2.45) is 0 Å². The van der Waals surface area contributed by atoms with Gasteiger partial charge in [-0.1, -0.05) is 6.07 Å². The number of rotatable bonds is 3. The zero-order valence-electron chi connectivity index (χ0n) is 12.3. The van der Waals surface area contributed by atoms with Crippen molar-refractivity contribution in [2.45, 2.75) is 25.5 Å². The number of piperidine rings is 1. The van der Waals surface area contributed by atoms with Crippen LogP contribution in [0.2, 0.25) is 0 Å². The molecule has 5 heteroatoms. The Kier molecular flexibility index (Phi) is 3.70. The van der Waals surface area contributed by atoms with Gasteiger partial charge >= 0.3 is 0 Å². The molecule has 0 radical (unpaired) electrons. The third-order valence-electron chi connectivity index (χ3n) is 4.38. The summed E-state index contributed by atoms with van der Waals surface area (Å²) in [6.45, 7) is 2.82. The van der Waals surface area contributed by atoms with Crippen LogP contribution in [-0.4, -0.2) is 39.2 Å². The van der Waals surface area contributed by atoms with Gasteiger partial charge in [0.05, 0.1) is 16.7 Å². The second-order valence-electron chi connectivity index (χ2n) is 5.86. The SMILES string of the molecule is OC1CCN(Cc2c(-c3cccs3)[nH]c3ncccc23)CC1. The average molecular weight is 313 g/mol. The summed E-state index contributed by atoms with van der Waals surface area (Å²) in [7, 11) is 0. The van der Waals surface area contributed by atoms with Gasteiger partial charge in [0.15, 0.2) is 0 Å². The number of fused-ring (bicyclic) bond motifs is 1. The van der Waals surface area contributed by atoms with E-state index in [9.17, 15) is 5.11 Å². The Balaban J connectivity index is 1.73. The molecule has 1 aliphatic heterocycles. The predicted molar refractivity (Wildman–Crippen MR) is 89.9 cm³/mol. The molecule has 0 amide bonds. The summed E-state index contributed by atoms with van der Waals surface area (Å²) in [5.41, 5.74) is 3.47. The molecular weight excluding hydrogens is 294 g/mol. The van der Waals surface area contributed by atoms with Gasteiger partial charge in [0, 0.05) is 36.8 Å². The molecule has 0 atom stereocenters. The van der Waals surface area contributed by atoms with E-state index in [1.54, 1.807) is 11.3 Å². The van der Waals surface area contributed by atoms with E-state index in [0.717, 1.165) is 38.1 Å². The standard InChI is InChI=1S/C17H19N3OS/c21-12-5-8-20(9-6-12)11-14-13-3-1-7-18-17(13)19-16(14)15-4-2-10-22-15/h1-4,7,10,12,21H,5-6,8-9,11H2,(H,18,19). The van der Waals surface area contributed by atoms with Crippen LogP contribution in [0.25, 0.3) is 21.6 Å². The maximum Gasteiger partial charge on any atom is 0.138 e. The summed E-state index contributed by atoms with van der Waals surface area (Å²) in [5, 5.41) is 13.0. The Hall–Kier alpha value is -1.69. The van der Waals surface area contributed by atoms with Crippen LogP contribution in [0.4, 0.5) is 0 Å². The normalized spacial score (nSPS) is 17.3. The van der Waals surface area contributed by atoms with Crippen LogP contribution in [-0.2, 0) is 6.54 Å². The maximum absolute atomic E-state index is 9.69. The molecule has 2 N–H and O–H groups in total. The van der Waals surface area contributed by atoms with Crippen molar-refractivity contribution in [1.82, 2.24) is 14.9 Å². The van der Waals surface area contributed by atoms with Crippen molar-refractivity contribution in [3.63, 3.8) is 0 Å². The summed E-state index contributed by atoms with van der Waals surface area (Å²) in [6, 6.07) is 8.38. The fourth-order valence-electron chi connectivity index (χ4n) is 3.17. The number of aromatic nitrogens is 2. The number of aromatic amines is 1. The molecule has 0 spiro atoms. The van der Waals surface area contributed by atoms with Gasteiger partial charge in [-0.05, 0) is 36.4 Å². The number of aliphatic hydroxyl groups is 1. The Morgan fingerprint density at radius 1 is 1.27 bits per heavy atom. The van der Waals surface area contributed by atoms with Gasteiger partial charge in [-0.25, -0.2) is 4.98 Å². The van der Waals surface area contributed by atoms with Crippen molar-refractivity contribution in [1.29, 1.82) is 0 Å². The molecule has 4 rings (SSSR count). The van der Waals surface area contributed by atoms with Gasteiger partial charge in [-0.2, -0.15) is 0 Å². The smallest absolute Gasteiger partial charge is 0.138 e. The molecular formula is C17H19N3OS. The minimum atomic E-state index is -0.127. The van der Waals surface area contributed by atoms with Crippen molar-refractivity contribution < 1.29 is 5.11 Å². The number of hydrogen-bond donors (Lipinski definition) is 2. The first-order valence-electron chi connectivity index (χ1n) is 7.71. The van der Waals surface area contributed by atoms with E-state index in [4.69, 9.17) is 0 Å². The number of H-pyrrole nitrogens is 1. The first kappa shape index (κ1) is 13.9. The number of pyridine rings is 1. The summed E-state index contributed by atoms with van der Waals surface area (Å²) >= 11 is 1.75. The van der Waals surface area contributed by atoms with E-state index in [1.165, 1.54) is 21.5 Å². The molecule has 0 saturated carbocycles. The first-order chi connectivity index (χ1) is 10.8. The molecule has 0 unspecified atom stereocenters. The second-order valence-corrected chi connectivity index (χ2v) is 6.81. The van der Waals surface area contributed by atoms with Gasteiger partial charge in [-0.3, -0.25) is 4.90 Å². The lowest BCUT2D eigenvalue weighted by Gasteiger charge is -2.29. The topological polar surface area (TPSA) is 52.1 Å². The lowest BCUT2D eigenvalue weighted by atomic mass is 10.1. The molecule has 3 aromatic heterocycles. The minimum Gasteiger partial charge on any atom is -0.393 e. The minimum absolute atomic E-state index is 0.127. The van der Waals surface area contributed by atoms with E-state index in [0.29, 0.717) is 0 Å². The Morgan fingerprint density at radius 2 is 2.14 bits per heavy atom. The van der Waals surface area contributed by atoms with Gasteiger partial charge in [0.2, 0.25) is 0 Å². The van der Waals surface area contributed by atoms with Gasteiger partial charge in [-0.15, -0.1) is 11.3 Å². The molecule has 0 aliphatic carbocycles. The first-order valence-corrected chi connectivity index (χ1v) is 8.59. The fraction of sp³-hybridized carbons (Fsp3) is 0.353. The van der Waals surface area contributed by atoms with Crippen molar-refractivity contribution in [3.8, 4) is 10.6 Å². The average Bonchev–Trinajstić information content (AvgIpc) is 3.18. The van der Waals surface area contributed by atoms with E-state index >= 15 is 0 Å². The van der Waals surface area contributed by atoms with Crippen LogP contribution in [0.3, 0.4) is 0 Å². The van der Waals surface area contributed by atoms with Crippen LogP contribution in [0.1, 0.15) is 18.4 Å². The molecule has 22 heavy (non-hydrogen) atoms. The van der Waals surface area contributed by atoms with E-state index < -0.39 is 0 Å². The van der Waals surface area contributed by atoms with Crippen molar-refractivity contribution in [2.75, 3.05) is 13.1 Å². The van der Waals surface area contributed by atoms with E-state index in [-0.39, 0.29) is 6.10 Å². The highest BCUT2D eigenvalue weighted by Crippen LogP contribution is 2.33. The number of aliphatic hydroxyl groups excluding tert-OH is 1. The molecule has 0 bridgehead atoms. The lowest BCUT2D eigenvalue weighted by Crippen LogP contribution is -2.35. The summed E-state index contributed by atoms with van der Waals surface area (Å²) in [6.07, 6.45) is 3.44. The molecule has 4 nitrogen and oxygen atoms in total. The third kappa shape index (κ3) is 2.56. The van der Waals surface area contributed by atoms with Gasteiger partial charge < -0.3 is 10.1 Å². The highest BCUT2D eigenvalue weighted by Gasteiger charge is 2.21. The lowest BCUT2D eigenvalue weighted by molar-refractivity contribution is 0.0795. The van der Waals surface area contributed by atoms with Crippen LogP contribution >= 0.6 is 11.3 Å². The summed E-state index contributed by atoms with van der Waals surface area (Å²) in [4.78, 5) is 11.6. The highest BCUT2D eigenvalue weighted by atomic mass is 32.1. The highest BCUT2D eigenvalue weighted by molar-refractivity contribution is 7.13. The Morgan fingerprint density at radius 3 is 2.91 bits per heavy atom. The number of likely N-dealkylation sites (tertiary alicyclic amines) is 1. The van der Waals surface area contributed by atoms with Crippen molar-refractivity contribution in [3.05, 3.63) is 41.4 Å². The number of nitrogens with one attached hydrogen (secondary N) is 1. The Bertz CT molecular complexity index is 757. The summed E-state index contributed by atoms with van der Waals surface area (Å²) < 4.78 is 0. The van der Waals surface area contributed by atoms with E-state index in [1.807, 2.05) is 12.3 Å². The molecule has 4 heterocycles. The van der Waals surface area contributed by atoms with Crippen LogP contribution < -0.4 is 0 Å². The molecule has 1 saturated heterocycles. The predicted octanol–water partition coefficient (Wildman–Crippen LogP) is 3.25. The maximum atomic E-state index is 9.69. The molecule has 1 aliphatic rings. The summed E-state index contributed by atoms with van der Waals surface area (Å²) in [5.74, 6) is 0. The molecule has 114 valence electrons. The van der Waals surface area contributed by atoms with Crippen LogP contribution in [0, 0.1) is 0 Å². The number of nitrogens with zero attached hydrogens (tertiary/aromatic N) is 2. The monoisotopic (exact) mass is 313 g/mol. The fourth-order valence-corrected chi connectivity index (χ4v) is 3.93. The van der Waals surface area contributed by atoms with Crippen LogP contribution in [0.15, 0.2) is 35.8 Å². The molecule has 1 fully saturated rings. The van der Waals surface area contributed by atoms with E-state index in [2.05, 4.69) is 38.4 Å². The quantitative estimate of drug-likeness (QED) is 0.780. The number of thiophene rings is 1. The van der Waals surface area contributed by atoms with Crippen molar-refractivity contribution >= 4 is 22.4 Å². The molecule has 3 aromatic rings. The van der Waals surface area contributed by atoms with Gasteiger partial charge in [0.25, 0.3) is 0 Å². The zero-order valence-corrected chi connectivity index (χ0v) is 13.1. The second kappa shape index (κ2) is 5.83.